The lowest BCUT2D eigenvalue weighted by Crippen LogP contribution is -2.32. The van der Waals surface area contributed by atoms with Gasteiger partial charge in [0.1, 0.15) is 27.7 Å². The molecule has 0 radical (unpaired) electrons. The normalized spacial score (nSPS) is 18.5. The third-order valence-corrected chi connectivity index (χ3v) is 9.42. The number of thiophene rings is 1. The van der Waals surface area contributed by atoms with Crippen LogP contribution < -0.4 is 4.74 Å². The summed E-state index contributed by atoms with van der Waals surface area (Å²) >= 11 is 7.59. The monoisotopic (exact) mass is 622 g/mol. The summed E-state index contributed by atoms with van der Waals surface area (Å²) in [6.07, 6.45) is 9.32. The number of carbonyl (C=O) groups is 1. The predicted octanol–water partition coefficient (Wildman–Crippen LogP) is 7.01. The Kier molecular flexibility index (Phi) is 7.62. The van der Waals surface area contributed by atoms with Crippen LogP contribution in [0.4, 0.5) is 4.39 Å². The second-order valence-electron chi connectivity index (χ2n) is 10.8. The SMILES string of the molecule is COC(=O)c1cc2c(nc(CC3CC=C(c4ncc(F)c(OCc5ccc(Cl)c6ccoc56)n4)CC3)n2C[C@@H]2CCO2)s1. The first-order valence-electron chi connectivity index (χ1n) is 14.1. The summed E-state index contributed by atoms with van der Waals surface area (Å²) in [6.45, 7) is 1.57. The summed E-state index contributed by atoms with van der Waals surface area (Å²) in [5.41, 5.74) is 3.26. The van der Waals surface area contributed by atoms with Gasteiger partial charge in [0.15, 0.2) is 5.82 Å². The number of esters is 1. The van der Waals surface area contributed by atoms with Crippen molar-refractivity contribution in [2.45, 2.75) is 51.4 Å². The fourth-order valence-corrected chi connectivity index (χ4v) is 6.82. The van der Waals surface area contributed by atoms with Gasteiger partial charge in [-0.3, -0.25) is 0 Å². The van der Waals surface area contributed by atoms with Gasteiger partial charge < -0.3 is 23.2 Å². The molecule has 1 saturated heterocycles. The van der Waals surface area contributed by atoms with Gasteiger partial charge in [0.05, 0.1) is 42.8 Å². The molecule has 9 nitrogen and oxygen atoms in total. The third-order valence-electron chi connectivity index (χ3n) is 8.09. The topological polar surface area (TPSA) is 102 Å². The average Bonchev–Trinajstić information content (AvgIpc) is 3.72. The van der Waals surface area contributed by atoms with E-state index in [9.17, 15) is 9.18 Å². The Labute approximate surface area is 255 Å². The van der Waals surface area contributed by atoms with E-state index >= 15 is 0 Å². The van der Waals surface area contributed by atoms with E-state index in [0.29, 0.717) is 33.8 Å². The largest absolute Gasteiger partial charge is 0.470 e. The molecule has 1 aliphatic heterocycles. The number of hydrogen-bond acceptors (Lipinski definition) is 9. The molecule has 0 amide bonds. The number of fused-ring (bicyclic) bond motifs is 2. The van der Waals surface area contributed by atoms with E-state index in [1.807, 2.05) is 6.07 Å². The Morgan fingerprint density at radius 1 is 1.26 bits per heavy atom. The van der Waals surface area contributed by atoms with Crippen molar-refractivity contribution in [2.75, 3.05) is 13.7 Å². The molecule has 2 aliphatic rings. The smallest absolute Gasteiger partial charge is 0.348 e. The van der Waals surface area contributed by atoms with Gasteiger partial charge in [0.2, 0.25) is 5.82 Å². The van der Waals surface area contributed by atoms with Crippen molar-refractivity contribution in [3.05, 3.63) is 75.7 Å². The molecule has 5 aromatic rings. The van der Waals surface area contributed by atoms with E-state index < -0.39 is 5.82 Å². The highest BCUT2D eigenvalue weighted by molar-refractivity contribution is 7.20. The summed E-state index contributed by atoms with van der Waals surface area (Å²) in [6, 6.07) is 7.21. The Morgan fingerprint density at radius 2 is 2.14 bits per heavy atom. The zero-order chi connectivity index (χ0) is 29.5. The summed E-state index contributed by atoms with van der Waals surface area (Å²) in [7, 11) is 1.39. The molecule has 0 N–H and O–H groups in total. The minimum absolute atomic E-state index is 0.0762. The van der Waals surface area contributed by atoms with Crippen LogP contribution in [0.1, 0.15) is 52.6 Å². The Bertz CT molecular complexity index is 1860. The second-order valence-corrected chi connectivity index (χ2v) is 12.2. The molecule has 12 heteroatoms. The number of furan rings is 1. The van der Waals surface area contributed by atoms with Gasteiger partial charge in [0, 0.05) is 24.0 Å². The number of rotatable bonds is 9. The lowest BCUT2D eigenvalue weighted by atomic mass is 9.87. The van der Waals surface area contributed by atoms with Crippen LogP contribution in [0.2, 0.25) is 5.02 Å². The molecular formula is C31H28ClFN4O5S. The maximum Gasteiger partial charge on any atom is 0.348 e. The Hall–Kier alpha value is -3.80. The molecule has 1 fully saturated rings. The molecule has 5 heterocycles. The first kappa shape index (κ1) is 28.0. The van der Waals surface area contributed by atoms with Gasteiger partial charge in [-0.15, -0.1) is 11.3 Å². The number of aromatic nitrogens is 4. The number of hydrogen-bond donors (Lipinski definition) is 0. The summed E-state index contributed by atoms with van der Waals surface area (Å²) in [5, 5.41) is 1.35. The number of carbonyl (C=O) groups excluding carboxylic acids is 1. The van der Waals surface area contributed by atoms with Gasteiger partial charge in [-0.05, 0) is 55.4 Å². The molecule has 2 atom stereocenters. The fourth-order valence-electron chi connectivity index (χ4n) is 5.64. The average molecular weight is 623 g/mol. The van der Waals surface area contributed by atoms with Crippen molar-refractivity contribution in [1.82, 2.24) is 19.5 Å². The van der Waals surface area contributed by atoms with Crippen LogP contribution in [-0.4, -0.2) is 45.3 Å². The van der Waals surface area contributed by atoms with Crippen LogP contribution in [0, 0.1) is 11.7 Å². The van der Waals surface area contributed by atoms with E-state index in [1.165, 1.54) is 18.4 Å². The van der Waals surface area contributed by atoms with Crippen molar-refractivity contribution in [3.8, 4) is 5.88 Å². The minimum atomic E-state index is -0.625. The van der Waals surface area contributed by atoms with Gasteiger partial charge in [-0.1, -0.05) is 23.7 Å². The van der Waals surface area contributed by atoms with Crippen LogP contribution in [0.15, 0.2) is 47.2 Å². The zero-order valence-electron chi connectivity index (χ0n) is 23.3. The predicted molar refractivity (Wildman–Crippen MR) is 160 cm³/mol. The van der Waals surface area contributed by atoms with Crippen molar-refractivity contribution in [2.24, 2.45) is 5.92 Å². The summed E-state index contributed by atoms with van der Waals surface area (Å²) in [4.78, 5) is 27.1. The quantitative estimate of drug-likeness (QED) is 0.162. The number of methoxy groups -OCH3 is 1. The highest BCUT2D eigenvalue weighted by Crippen LogP contribution is 2.35. The van der Waals surface area contributed by atoms with Crippen molar-refractivity contribution >= 4 is 55.8 Å². The van der Waals surface area contributed by atoms with E-state index in [-0.39, 0.29) is 24.6 Å². The Morgan fingerprint density at radius 3 is 2.91 bits per heavy atom. The molecule has 0 saturated carbocycles. The molecule has 1 aromatic carbocycles. The van der Waals surface area contributed by atoms with Crippen molar-refractivity contribution in [1.29, 1.82) is 0 Å². The lowest BCUT2D eigenvalue weighted by molar-refractivity contribution is -0.0590. The maximum atomic E-state index is 14.6. The molecular weight excluding hydrogens is 595 g/mol. The number of benzene rings is 1. The first-order chi connectivity index (χ1) is 21.0. The second kappa shape index (κ2) is 11.7. The minimum Gasteiger partial charge on any atom is -0.470 e. The molecule has 4 aromatic heterocycles. The molecule has 1 aliphatic carbocycles. The highest BCUT2D eigenvalue weighted by Gasteiger charge is 2.26. The number of allylic oxidation sites excluding steroid dienone is 2. The molecule has 1 unspecified atom stereocenters. The van der Waals surface area contributed by atoms with E-state index in [1.54, 1.807) is 24.5 Å². The molecule has 43 heavy (non-hydrogen) atoms. The number of halogens is 2. The van der Waals surface area contributed by atoms with Crippen molar-refractivity contribution in [3.63, 3.8) is 0 Å². The van der Waals surface area contributed by atoms with Crippen molar-refractivity contribution < 1.29 is 27.8 Å². The van der Waals surface area contributed by atoms with Crippen LogP contribution >= 0.6 is 22.9 Å². The number of nitrogens with zero attached hydrogens (tertiary/aromatic N) is 4. The van der Waals surface area contributed by atoms with Gasteiger partial charge >= 0.3 is 5.97 Å². The first-order valence-corrected chi connectivity index (χ1v) is 15.3. The number of ether oxygens (including phenoxy) is 3. The molecule has 0 spiro atoms. The molecule has 7 rings (SSSR count). The van der Waals surface area contributed by atoms with E-state index in [0.717, 1.165) is 77.6 Å². The zero-order valence-corrected chi connectivity index (χ0v) is 24.9. The van der Waals surface area contributed by atoms with E-state index in [2.05, 4.69) is 20.6 Å². The summed E-state index contributed by atoms with van der Waals surface area (Å²) in [5.74, 6) is 0.760. The molecule has 222 valence electrons. The Balaban J connectivity index is 1.05. The standard InChI is InChI=1S/C31H28ClFN4O5S/c1-39-31(38)25-13-24-30(43-25)35-26(37(24)15-20-8-10-40-20)12-17-2-4-18(5-3-17)28-34-14-23(33)29(36-28)42-16-19-6-7-22(32)21-9-11-41-27(19)21/h4,6-7,9,11,13-14,17,20H,2-3,5,8,10,12,15-16H2,1H3/t17?,20-/m0/s1. The summed E-state index contributed by atoms with van der Waals surface area (Å²) < 4.78 is 38.8. The fraction of sp³-hybridized carbons (Fsp3) is 0.355. The van der Waals surface area contributed by atoms with Gasteiger partial charge in [0.25, 0.3) is 5.88 Å². The number of imidazole rings is 1. The third kappa shape index (κ3) is 5.52. The molecule has 0 bridgehead atoms. The van der Waals surface area contributed by atoms with Gasteiger partial charge in [-0.25, -0.2) is 14.8 Å². The van der Waals surface area contributed by atoms with E-state index in [4.69, 9.17) is 35.2 Å². The van der Waals surface area contributed by atoms with Crippen LogP contribution in [0.5, 0.6) is 5.88 Å². The van der Waals surface area contributed by atoms with Crippen LogP contribution in [0.25, 0.3) is 26.9 Å². The lowest BCUT2D eigenvalue weighted by Gasteiger charge is -2.28. The van der Waals surface area contributed by atoms with Gasteiger partial charge in [-0.2, -0.15) is 9.37 Å². The van der Waals surface area contributed by atoms with Crippen LogP contribution in [0.3, 0.4) is 0 Å². The highest BCUT2D eigenvalue weighted by atomic mass is 35.5. The van der Waals surface area contributed by atoms with Crippen LogP contribution in [-0.2, 0) is 29.0 Å². The maximum absolute atomic E-state index is 14.6.